The summed E-state index contributed by atoms with van der Waals surface area (Å²) >= 11 is 0. The highest BCUT2D eigenvalue weighted by molar-refractivity contribution is 5.82. The van der Waals surface area contributed by atoms with Gasteiger partial charge in [-0.15, -0.1) is 0 Å². The Morgan fingerprint density at radius 3 is 2.18 bits per heavy atom. The molecule has 5 heteroatoms. The standard InChI is InChI=1S/C12H24N2O3/c1-8(12(2,3)4)14(5)11(17)9(13)6-7-10(15)16/h8-9H,6-7,13H2,1-5H3,(H,15,16). The molecule has 0 fully saturated rings. The molecule has 100 valence electrons. The van der Waals surface area contributed by atoms with Crippen molar-refractivity contribution >= 4 is 11.9 Å². The van der Waals surface area contributed by atoms with E-state index in [0.29, 0.717) is 0 Å². The molecule has 0 radical (unpaired) electrons. The van der Waals surface area contributed by atoms with Crippen LogP contribution in [0.15, 0.2) is 0 Å². The number of rotatable bonds is 5. The van der Waals surface area contributed by atoms with Crippen molar-refractivity contribution in [3.63, 3.8) is 0 Å². The smallest absolute Gasteiger partial charge is 0.303 e. The average molecular weight is 244 g/mol. The molecule has 3 N–H and O–H groups in total. The summed E-state index contributed by atoms with van der Waals surface area (Å²) < 4.78 is 0. The summed E-state index contributed by atoms with van der Waals surface area (Å²) in [6.07, 6.45) is 0.0972. The van der Waals surface area contributed by atoms with E-state index in [1.807, 2.05) is 27.7 Å². The van der Waals surface area contributed by atoms with Gasteiger partial charge in [-0.25, -0.2) is 0 Å². The highest BCUT2D eigenvalue weighted by Crippen LogP contribution is 2.23. The molecular weight excluding hydrogens is 220 g/mol. The molecule has 0 aromatic heterocycles. The molecule has 5 nitrogen and oxygen atoms in total. The molecular formula is C12H24N2O3. The Labute approximate surface area is 103 Å². The van der Waals surface area contributed by atoms with Crippen molar-refractivity contribution in [2.24, 2.45) is 11.1 Å². The topological polar surface area (TPSA) is 83.6 Å². The summed E-state index contributed by atoms with van der Waals surface area (Å²) in [5.74, 6) is -1.13. The zero-order valence-corrected chi connectivity index (χ0v) is 11.4. The first-order valence-corrected chi connectivity index (χ1v) is 5.81. The number of aliphatic carboxylic acids is 1. The Morgan fingerprint density at radius 2 is 1.82 bits per heavy atom. The van der Waals surface area contributed by atoms with E-state index in [-0.39, 0.29) is 30.2 Å². The zero-order valence-electron chi connectivity index (χ0n) is 11.4. The Hall–Kier alpha value is -1.10. The molecule has 0 aliphatic rings. The van der Waals surface area contributed by atoms with Crippen molar-refractivity contribution in [2.45, 2.75) is 52.6 Å². The number of likely N-dealkylation sites (N-methyl/N-ethyl adjacent to an activating group) is 1. The first-order chi connectivity index (χ1) is 7.57. The third-order valence-electron chi connectivity index (χ3n) is 3.17. The van der Waals surface area contributed by atoms with Gasteiger partial charge < -0.3 is 15.7 Å². The molecule has 0 aliphatic heterocycles. The molecule has 0 bridgehead atoms. The van der Waals surface area contributed by atoms with Crippen molar-refractivity contribution in [1.29, 1.82) is 0 Å². The van der Waals surface area contributed by atoms with E-state index in [0.717, 1.165) is 0 Å². The van der Waals surface area contributed by atoms with E-state index >= 15 is 0 Å². The first-order valence-electron chi connectivity index (χ1n) is 5.81. The highest BCUT2D eigenvalue weighted by atomic mass is 16.4. The lowest BCUT2D eigenvalue weighted by atomic mass is 9.87. The van der Waals surface area contributed by atoms with Gasteiger partial charge in [-0.1, -0.05) is 20.8 Å². The number of hydrogen-bond donors (Lipinski definition) is 2. The lowest BCUT2D eigenvalue weighted by molar-refractivity contribution is -0.138. The third-order valence-corrected chi connectivity index (χ3v) is 3.17. The van der Waals surface area contributed by atoms with Crippen LogP contribution in [-0.2, 0) is 9.59 Å². The van der Waals surface area contributed by atoms with Crippen molar-refractivity contribution in [1.82, 2.24) is 4.90 Å². The van der Waals surface area contributed by atoms with Crippen LogP contribution in [0.25, 0.3) is 0 Å². The second kappa shape index (κ2) is 6.00. The number of carboxylic acid groups (broad SMARTS) is 1. The molecule has 0 aromatic carbocycles. The molecule has 0 saturated carbocycles. The maximum atomic E-state index is 12.0. The number of nitrogens with zero attached hydrogens (tertiary/aromatic N) is 1. The summed E-state index contributed by atoms with van der Waals surface area (Å²) in [5, 5.41) is 8.54. The fraction of sp³-hybridized carbons (Fsp3) is 0.833. The molecule has 0 saturated heterocycles. The Bertz CT molecular complexity index is 284. The van der Waals surface area contributed by atoms with Crippen LogP contribution < -0.4 is 5.73 Å². The van der Waals surface area contributed by atoms with Gasteiger partial charge in [0, 0.05) is 19.5 Å². The van der Waals surface area contributed by atoms with Crippen LogP contribution in [0.1, 0.15) is 40.5 Å². The summed E-state index contributed by atoms with van der Waals surface area (Å²) in [6, 6.07) is -0.688. The number of amides is 1. The minimum absolute atomic E-state index is 0.0308. The van der Waals surface area contributed by atoms with Crippen LogP contribution >= 0.6 is 0 Å². The van der Waals surface area contributed by atoms with Gasteiger partial charge in [-0.3, -0.25) is 9.59 Å². The van der Waals surface area contributed by atoms with Crippen molar-refractivity contribution in [3.05, 3.63) is 0 Å². The monoisotopic (exact) mass is 244 g/mol. The predicted octanol–water partition coefficient (Wildman–Crippen LogP) is 1.07. The van der Waals surface area contributed by atoms with Gasteiger partial charge in [-0.05, 0) is 18.8 Å². The van der Waals surface area contributed by atoms with Crippen LogP contribution in [0.5, 0.6) is 0 Å². The van der Waals surface area contributed by atoms with E-state index < -0.39 is 12.0 Å². The van der Waals surface area contributed by atoms with Crippen LogP contribution in [0.3, 0.4) is 0 Å². The largest absolute Gasteiger partial charge is 0.481 e. The van der Waals surface area contributed by atoms with Crippen LogP contribution in [0.2, 0.25) is 0 Å². The highest BCUT2D eigenvalue weighted by Gasteiger charge is 2.29. The molecule has 0 aromatic rings. The number of carbonyl (C=O) groups excluding carboxylic acids is 1. The molecule has 2 atom stereocenters. The van der Waals surface area contributed by atoms with Gasteiger partial charge in [0.15, 0.2) is 0 Å². The molecule has 0 spiro atoms. The number of nitrogens with two attached hydrogens (primary N) is 1. The van der Waals surface area contributed by atoms with Crippen molar-refractivity contribution < 1.29 is 14.7 Å². The summed E-state index contributed by atoms with van der Waals surface area (Å²) in [5.41, 5.74) is 5.66. The Morgan fingerprint density at radius 1 is 1.35 bits per heavy atom. The predicted molar refractivity (Wildman–Crippen MR) is 66.5 cm³/mol. The molecule has 0 aliphatic carbocycles. The van der Waals surface area contributed by atoms with E-state index in [4.69, 9.17) is 10.8 Å². The normalized spacial score (nSPS) is 15.2. The number of carbonyl (C=O) groups is 2. The fourth-order valence-electron chi connectivity index (χ4n) is 1.44. The van der Waals surface area contributed by atoms with E-state index in [2.05, 4.69) is 0 Å². The van der Waals surface area contributed by atoms with E-state index in [1.165, 1.54) is 0 Å². The average Bonchev–Trinajstić information content (AvgIpc) is 2.21. The van der Waals surface area contributed by atoms with Gasteiger partial charge in [0.2, 0.25) is 5.91 Å². The first kappa shape index (κ1) is 15.9. The SMILES string of the molecule is CC(N(C)C(=O)C(N)CCC(=O)O)C(C)(C)C. The Kier molecular flexibility index (Phi) is 5.61. The minimum atomic E-state index is -0.931. The molecule has 0 heterocycles. The van der Waals surface area contributed by atoms with Crippen LogP contribution in [0.4, 0.5) is 0 Å². The molecule has 1 amide bonds. The molecule has 17 heavy (non-hydrogen) atoms. The molecule has 2 unspecified atom stereocenters. The summed E-state index contributed by atoms with van der Waals surface area (Å²) in [4.78, 5) is 24.0. The third kappa shape index (κ3) is 5.17. The fourth-order valence-corrected chi connectivity index (χ4v) is 1.44. The van der Waals surface area contributed by atoms with Crippen LogP contribution in [-0.4, -0.2) is 41.0 Å². The van der Waals surface area contributed by atoms with Gasteiger partial charge in [-0.2, -0.15) is 0 Å². The van der Waals surface area contributed by atoms with E-state index in [1.54, 1.807) is 11.9 Å². The van der Waals surface area contributed by atoms with Gasteiger partial charge in [0.25, 0.3) is 0 Å². The van der Waals surface area contributed by atoms with E-state index in [9.17, 15) is 9.59 Å². The summed E-state index contributed by atoms with van der Waals surface area (Å²) in [6.45, 7) is 8.10. The Balaban J connectivity index is 4.44. The second-order valence-corrected chi connectivity index (χ2v) is 5.53. The van der Waals surface area contributed by atoms with Gasteiger partial charge in [0.1, 0.15) is 0 Å². The van der Waals surface area contributed by atoms with Crippen molar-refractivity contribution in [2.75, 3.05) is 7.05 Å². The van der Waals surface area contributed by atoms with Crippen molar-refractivity contribution in [3.8, 4) is 0 Å². The molecule has 0 rings (SSSR count). The lowest BCUT2D eigenvalue weighted by Crippen LogP contribution is -2.49. The quantitative estimate of drug-likeness (QED) is 0.757. The lowest BCUT2D eigenvalue weighted by Gasteiger charge is -2.36. The second-order valence-electron chi connectivity index (χ2n) is 5.53. The maximum absolute atomic E-state index is 12.0. The van der Waals surface area contributed by atoms with Gasteiger partial charge in [0.05, 0.1) is 6.04 Å². The van der Waals surface area contributed by atoms with Gasteiger partial charge >= 0.3 is 5.97 Å². The maximum Gasteiger partial charge on any atom is 0.303 e. The number of hydrogen-bond acceptors (Lipinski definition) is 3. The zero-order chi connectivity index (χ0) is 13.8. The number of carboxylic acids is 1. The summed E-state index contributed by atoms with van der Waals surface area (Å²) in [7, 11) is 1.71. The van der Waals surface area contributed by atoms with Crippen LogP contribution in [0, 0.1) is 5.41 Å². The minimum Gasteiger partial charge on any atom is -0.481 e.